The first-order valence-electron chi connectivity index (χ1n) is 12.6. The topological polar surface area (TPSA) is 127 Å². The number of pyridine rings is 1. The second-order valence-corrected chi connectivity index (χ2v) is 9.62. The molecule has 0 saturated carbocycles. The number of fused-ring (bicyclic) bond motifs is 1. The number of aromatic amines is 1. The number of hydrogen-bond donors (Lipinski definition) is 3. The molecule has 5 N–H and O–H groups in total. The summed E-state index contributed by atoms with van der Waals surface area (Å²) in [6, 6.07) is 14.2. The Balaban J connectivity index is 1.52. The van der Waals surface area contributed by atoms with Gasteiger partial charge in [-0.1, -0.05) is 38.1 Å². The summed E-state index contributed by atoms with van der Waals surface area (Å²) in [4.78, 5) is 30.7. The van der Waals surface area contributed by atoms with Crippen molar-refractivity contribution in [3.63, 3.8) is 0 Å². The number of nitrogens with one attached hydrogen (secondary N) is 1. The van der Waals surface area contributed by atoms with Crippen molar-refractivity contribution < 1.29 is 14.3 Å². The number of H-pyrrole nitrogens is 1. The summed E-state index contributed by atoms with van der Waals surface area (Å²) in [5.41, 5.74) is 9.45. The van der Waals surface area contributed by atoms with Crippen LogP contribution < -0.4 is 21.9 Å². The number of hydrogen-bond acceptors (Lipinski definition) is 8. The number of para-hydroxylation sites is 1. The Morgan fingerprint density at radius 3 is 2.70 bits per heavy atom. The maximum atomic E-state index is 12.9. The number of aromatic nitrogens is 1. The van der Waals surface area contributed by atoms with Crippen LogP contribution in [0.1, 0.15) is 41.8 Å². The van der Waals surface area contributed by atoms with Gasteiger partial charge in [-0.2, -0.15) is 0 Å². The van der Waals surface area contributed by atoms with Crippen LogP contribution in [0.15, 0.2) is 59.5 Å². The van der Waals surface area contributed by atoms with Gasteiger partial charge in [0.15, 0.2) is 5.43 Å². The Morgan fingerprint density at radius 2 is 1.95 bits per heavy atom. The molecule has 3 aromatic rings. The monoisotopic (exact) mass is 505 g/mol. The summed E-state index contributed by atoms with van der Waals surface area (Å²) in [5.74, 6) is 7.13. The van der Waals surface area contributed by atoms with Crippen molar-refractivity contribution in [3.8, 4) is 0 Å². The van der Waals surface area contributed by atoms with Crippen molar-refractivity contribution in [2.24, 2.45) is 17.5 Å². The third-order valence-electron chi connectivity index (χ3n) is 6.27. The van der Waals surface area contributed by atoms with Gasteiger partial charge in [-0.05, 0) is 36.1 Å². The number of anilines is 1. The molecule has 196 valence electrons. The van der Waals surface area contributed by atoms with Crippen LogP contribution in [-0.4, -0.2) is 48.9 Å². The van der Waals surface area contributed by atoms with Crippen LogP contribution in [0.25, 0.3) is 16.6 Å². The second-order valence-electron chi connectivity index (χ2n) is 9.62. The third-order valence-corrected chi connectivity index (χ3v) is 6.27. The fourth-order valence-corrected chi connectivity index (χ4v) is 4.25. The molecular formula is C28H35N5O4. The summed E-state index contributed by atoms with van der Waals surface area (Å²) in [6.07, 6.45) is 2.45. The van der Waals surface area contributed by atoms with Crippen molar-refractivity contribution in [1.82, 2.24) is 9.99 Å². The molecule has 1 fully saturated rings. The number of nitrogens with zero attached hydrogens (tertiary/aromatic N) is 2. The van der Waals surface area contributed by atoms with Crippen LogP contribution in [0, 0.1) is 5.92 Å². The van der Waals surface area contributed by atoms with Gasteiger partial charge in [-0.25, -0.2) is 10.6 Å². The molecule has 4 rings (SSSR count). The number of carbonyl (C=O) groups excluding carboxylic acids is 1. The van der Waals surface area contributed by atoms with Gasteiger partial charge in [0.2, 0.25) is 0 Å². The lowest BCUT2D eigenvalue weighted by molar-refractivity contribution is 0.0488. The largest absolute Gasteiger partial charge is 0.462 e. The van der Waals surface area contributed by atoms with E-state index < -0.39 is 0 Å². The molecular weight excluding hydrogens is 470 g/mol. The van der Waals surface area contributed by atoms with E-state index in [1.807, 2.05) is 12.1 Å². The number of nitrogens with two attached hydrogens (primary N) is 2. The Kier molecular flexibility index (Phi) is 8.47. The molecule has 1 aromatic heterocycles. The Labute approximate surface area is 216 Å². The van der Waals surface area contributed by atoms with Gasteiger partial charge in [0.1, 0.15) is 5.82 Å². The summed E-state index contributed by atoms with van der Waals surface area (Å²) < 4.78 is 10.8. The normalized spacial score (nSPS) is 14.3. The highest BCUT2D eigenvalue weighted by atomic mass is 16.5. The van der Waals surface area contributed by atoms with Crippen molar-refractivity contribution in [2.45, 2.75) is 26.8 Å². The van der Waals surface area contributed by atoms with Crippen LogP contribution in [0.3, 0.4) is 0 Å². The first kappa shape index (κ1) is 26.2. The quantitative estimate of drug-likeness (QED) is 0.230. The minimum Gasteiger partial charge on any atom is -0.462 e. The maximum absolute atomic E-state index is 12.9. The van der Waals surface area contributed by atoms with Crippen LogP contribution in [-0.2, 0) is 16.0 Å². The number of morpholine rings is 1. The van der Waals surface area contributed by atoms with Crippen LogP contribution in [0.4, 0.5) is 5.82 Å². The first-order chi connectivity index (χ1) is 17.8. The average Bonchev–Trinajstić information content (AvgIpc) is 2.88. The summed E-state index contributed by atoms with van der Waals surface area (Å²) >= 11 is 0. The lowest BCUT2D eigenvalue weighted by atomic mass is 10.1. The van der Waals surface area contributed by atoms with E-state index in [0.717, 1.165) is 17.8 Å². The van der Waals surface area contributed by atoms with Crippen molar-refractivity contribution in [2.75, 3.05) is 37.8 Å². The SMILES string of the molecule is CC(C)CCOC(=O)c1cccc(CN(N)/C=C(\N)c2cccc3c(=O)cc(N4CCOCC4)[nH]c23)c1. The Bertz CT molecular complexity index is 1330. The Hall–Kier alpha value is -3.82. The number of rotatable bonds is 9. The third kappa shape index (κ3) is 6.69. The molecule has 0 aliphatic carbocycles. The molecule has 37 heavy (non-hydrogen) atoms. The van der Waals surface area contributed by atoms with Gasteiger partial charge < -0.3 is 30.1 Å². The molecule has 2 aromatic carbocycles. The van der Waals surface area contributed by atoms with Crippen LogP contribution >= 0.6 is 0 Å². The number of carbonyl (C=O) groups is 1. The lowest BCUT2D eigenvalue weighted by Gasteiger charge is -2.28. The average molecular weight is 506 g/mol. The highest BCUT2D eigenvalue weighted by Gasteiger charge is 2.16. The number of ether oxygens (including phenoxy) is 2. The standard InChI is InChI=1S/C28H35N5O4/c1-19(2)9-12-37-28(35)21-6-3-5-20(15-21)17-33(30)18-24(29)22-7-4-8-23-25(34)16-26(31-27(22)23)32-10-13-36-14-11-32/h3-8,15-16,18-19H,9-14,17,29-30H2,1-2H3,(H,31,34)/b24-18-. The molecule has 0 amide bonds. The van der Waals surface area contributed by atoms with Gasteiger partial charge in [-0.15, -0.1) is 0 Å². The van der Waals surface area contributed by atoms with E-state index in [9.17, 15) is 9.59 Å². The first-order valence-corrected chi connectivity index (χ1v) is 12.6. The maximum Gasteiger partial charge on any atom is 0.338 e. The van der Waals surface area contributed by atoms with Gasteiger partial charge in [-0.3, -0.25) is 4.79 Å². The van der Waals surface area contributed by atoms with E-state index in [4.69, 9.17) is 21.1 Å². The molecule has 0 radical (unpaired) electrons. The van der Waals surface area contributed by atoms with Crippen molar-refractivity contribution in [1.29, 1.82) is 0 Å². The second kappa shape index (κ2) is 11.9. The van der Waals surface area contributed by atoms with E-state index in [2.05, 4.69) is 23.7 Å². The molecule has 1 saturated heterocycles. The van der Waals surface area contributed by atoms with Crippen LogP contribution in [0.5, 0.6) is 0 Å². The smallest absolute Gasteiger partial charge is 0.338 e. The lowest BCUT2D eigenvalue weighted by Crippen LogP contribution is -2.37. The molecule has 0 spiro atoms. The van der Waals surface area contributed by atoms with E-state index in [1.54, 1.807) is 42.6 Å². The fourth-order valence-electron chi connectivity index (χ4n) is 4.25. The Morgan fingerprint density at radius 1 is 1.19 bits per heavy atom. The summed E-state index contributed by atoms with van der Waals surface area (Å²) in [6.45, 7) is 7.53. The number of esters is 1. The van der Waals surface area contributed by atoms with E-state index >= 15 is 0 Å². The van der Waals surface area contributed by atoms with Crippen LogP contribution in [0.2, 0.25) is 0 Å². The molecule has 0 atom stereocenters. The van der Waals surface area contributed by atoms with Crippen molar-refractivity contribution in [3.05, 3.63) is 81.6 Å². The van der Waals surface area contributed by atoms with Gasteiger partial charge in [0.25, 0.3) is 0 Å². The zero-order valence-electron chi connectivity index (χ0n) is 21.4. The number of benzene rings is 2. The van der Waals surface area contributed by atoms with E-state index in [1.165, 1.54) is 5.01 Å². The van der Waals surface area contributed by atoms with Gasteiger partial charge in [0.05, 0.1) is 43.1 Å². The minimum atomic E-state index is -0.350. The zero-order chi connectivity index (χ0) is 26.4. The van der Waals surface area contributed by atoms with Crippen molar-refractivity contribution >= 4 is 28.4 Å². The highest BCUT2D eigenvalue weighted by molar-refractivity contribution is 5.91. The van der Waals surface area contributed by atoms with E-state index in [0.29, 0.717) is 73.1 Å². The summed E-state index contributed by atoms with van der Waals surface area (Å²) in [7, 11) is 0. The van der Waals surface area contributed by atoms with Gasteiger partial charge in [0, 0.05) is 36.3 Å². The predicted molar refractivity (Wildman–Crippen MR) is 146 cm³/mol. The molecule has 9 heteroatoms. The molecule has 0 bridgehead atoms. The highest BCUT2D eigenvalue weighted by Crippen LogP contribution is 2.23. The molecule has 1 aliphatic heterocycles. The molecule has 0 unspecified atom stereocenters. The summed E-state index contributed by atoms with van der Waals surface area (Å²) in [5, 5.41) is 2.01. The molecule has 9 nitrogen and oxygen atoms in total. The van der Waals surface area contributed by atoms with E-state index in [-0.39, 0.29) is 11.4 Å². The van der Waals surface area contributed by atoms with Gasteiger partial charge >= 0.3 is 5.97 Å². The number of hydrazine groups is 1. The minimum absolute atomic E-state index is 0.0772. The fraction of sp³-hybridized carbons (Fsp3) is 0.357. The molecule has 2 heterocycles. The zero-order valence-corrected chi connectivity index (χ0v) is 21.4. The predicted octanol–water partition coefficient (Wildman–Crippen LogP) is 3.20. The molecule has 1 aliphatic rings.